The third kappa shape index (κ3) is 5.19. The molecule has 0 aliphatic carbocycles. The van der Waals surface area contributed by atoms with Gasteiger partial charge in [-0.3, -0.25) is 4.79 Å². The van der Waals surface area contributed by atoms with Crippen LogP contribution < -0.4 is 4.74 Å². The lowest BCUT2D eigenvalue weighted by molar-refractivity contribution is -0.137. The highest BCUT2D eigenvalue weighted by Gasteiger charge is 2.22. The maximum atomic E-state index is 12.7. The number of carbonyl (C=O) groups is 1. The van der Waals surface area contributed by atoms with Crippen molar-refractivity contribution in [1.29, 1.82) is 0 Å². The van der Waals surface area contributed by atoms with Crippen molar-refractivity contribution < 1.29 is 14.1 Å². The van der Waals surface area contributed by atoms with Gasteiger partial charge in [0.2, 0.25) is 11.7 Å². The van der Waals surface area contributed by atoms with Crippen molar-refractivity contribution in [3.05, 3.63) is 65.0 Å². The molecule has 1 amide bonds. The highest BCUT2D eigenvalue weighted by atomic mass is 35.5. The third-order valence-electron chi connectivity index (χ3n) is 4.71. The van der Waals surface area contributed by atoms with E-state index < -0.39 is 6.10 Å². The summed E-state index contributed by atoms with van der Waals surface area (Å²) in [5, 5.41) is 4.50. The Labute approximate surface area is 181 Å². The highest BCUT2D eigenvalue weighted by Crippen LogP contribution is 2.26. The number of aromatic nitrogens is 2. The molecule has 1 atom stereocenters. The van der Waals surface area contributed by atoms with Crippen LogP contribution in [0.5, 0.6) is 5.75 Å². The zero-order chi connectivity index (χ0) is 21.9. The Morgan fingerprint density at radius 2 is 1.83 bits per heavy atom. The second-order valence-electron chi connectivity index (χ2n) is 8.22. The lowest BCUT2D eigenvalue weighted by Crippen LogP contribution is -2.37. The van der Waals surface area contributed by atoms with Crippen LogP contribution in [0, 0.1) is 0 Å². The van der Waals surface area contributed by atoms with Gasteiger partial charge in [-0.1, -0.05) is 61.8 Å². The fourth-order valence-corrected chi connectivity index (χ4v) is 3.17. The number of carbonyl (C=O) groups excluding carboxylic acids is 1. The molecule has 0 fully saturated rings. The third-order valence-corrected chi connectivity index (χ3v) is 5.04. The Morgan fingerprint density at radius 1 is 1.17 bits per heavy atom. The molecule has 1 aromatic heterocycles. The van der Waals surface area contributed by atoms with Gasteiger partial charge in [0.25, 0.3) is 5.91 Å². The summed E-state index contributed by atoms with van der Waals surface area (Å²) in [6, 6.07) is 15.1. The summed E-state index contributed by atoms with van der Waals surface area (Å²) in [6.07, 6.45) is -0.651. The van der Waals surface area contributed by atoms with E-state index in [9.17, 15) is 4.79 Å². The van der Waals surface area contributed by atoms with Crippen LogP contribution in [0.1, 0.15) is 39.1 Å². The minimum Gasteiger partial charge on any atom is -0.481 e. The van der Waals surface area contributed by atoms with E-state index in [1.165, 1.54) is 10.5 Å². The average molecular weight is 428 g/mol. The van der Waals surface area contributed by atoms with Crippen LogP contribution in [-0.4, -0.2) is 34.1 Å². The first-order valence-corrected chi connectivity index (χ1v) is 10.1. The van der Waals surface area contributed by atoms with Crippen molar-refractivity contribution in [3.63, 3.8) is 0 Å². The smallest absolute Gasteiger partial charge is 0.263 e. The van der Waals surface area contributed by atoms with Gasteiger partial charge in [0.15, 0.2) is 6.10 Å². The minimum absolute atomic E-state index is 0.0626. The molecular weight excluding hydrogens is 402 g/mol. The molecule has 0 saturated carbocycles. The molecule has 0 N–H and O–H groups in total. The number of amides is 1. The molecule has 0 saturated heterocycles. The summed E-state index contributed by atoms with van der Waals surface area (Å²) in [7, 11) is 1.67. The van der Waals surface area contributed by atoms with E-state index in [2.05, 4.69) is 30.9 Å². The fourth-order valence-electron chi connectivity index (χ4n) is 2.95. The van der Waals surface area contributed by atoms with Crippen LogP contribution >= 0.6 is 11.6 Å². The van der Waals surface area contributed by atoms with E-state index in [1.807, 2.05) is 42.5 Å². The number of hydrogen-bond donors (Lipinski definition) is 0. The number of likely N-dealkylation sites (N-methyl/N-ethyl adjacent to an activating group) is 1. The van der Waals surface area contributed by atoms with Gasteiger partial charge in [-0.25, -0.2) is 0 Å². The van der Waals surface area contributed by atoms with Crippen molar-refractivity contribution in [2.75, 3.05) is 7.05 Å². The molecule has 1 unspecified atom stereocenters. The Bertz CT molecular complexity index is 1010. The zero-order valence-corrected chi connectivity index (χ0v) is 18.6. The maximum Gasteiger partial charge on any atom is 0.263 e. The van der Waals surface area contributed by atoms with E-state index in [1.54, 1.807) is 20.0 Å². The van der Waals surface area contributed by atoms with Crippen molar-refractivity contribution in [3.8, 4) is 17.1 Å². The van der Waals surface area contributed by atoms with Crippen LogP contribution in [0.3, 0.4) is 0 Å². The molecule has 0 spiro atoms. The molecule has 3 aromatic rings. The van der Waals surface area contributed by atoms with Crippen molar-refractivity contribution in [2.24, 2.45) is 0 Å². The molecule has 0 aliphatic heterocycles. The van der Waals surface area contributed by atoms with Crippen molar-refractivity contribution in [2.45, 2.75) is 45.8 Å². The number of hydrogen-bond acceptors (Lipinski definition) is 5. The lowest BCUT2D eigenvalue weighted by atomic mass is 9.87. The first kappa shape index (κ1) is 21.8. The first-order chi connectivity index (χ1) is 14.1. The average Bonchev–Trinajstić information content (AvgIpc) is 3.15. The van der Waals surface area contributed by atoms with Gasteiger partial charge in [0.05, 0.1) is 11.6 Å². The lowest BCUT2D eigenvalue weighted by Gasteiger charge is -2.22. The summed E-state index contributed by atoms with van der Waals surface area (Å²) >= 11 is 6.17. The van der Waals surface area contributed by atoms with Crippen LogP contribution in [-0.2, 0) is 16.8 Å². The molecule has 158 valence electrons. The molecule has 30 heavy (non-hydrogen) atoms. The van der Waals surface area contributed by atoms with Gasteiger partial charge >= 0.3 is 0 Å². The van der Waals surface area contributed by atoms with Gasteiger partial charge in [-0.05, 0) is 42.2 Å². The number of halogens is 1. The van der Waals surface area contributed by atoms with Crippen LogP contribution in [0.4, 0.5) is 0 Å². The standard InChI is InChI=1S/C23H26ClN3O3/c1-15(29-17-12-10-16(11-13-17)23(2,3)4)22(28)27(5)14-20-25-21(26-30-20)18-8-6-7-9-19(18)24/h6-13,15H,14H2,1-5H3. The predicted octanol–water partition coefficient (Wildman–Crippen LogP) is 5.11. The van der Waals surface area contributed by atoms with E-state index in [-0.39, 0.29) is 17.9 Å². The van der Waals surface area contributed by atoms with Gasteiger partial charge < -0.3 is 14.2 Å². The number of rotatable bonds is 6. The molecular formula is C23H26ClN3O3. The molecule has 0 radical (unpaired) electrons. The molecule has 1 heterocycles. The maximum absolute atomic E-state index is 12.7. The summed E-state index contributed by atoms with van der Waals surface area (Å²) in [5.41, 5.74) is 1.95. The number of ether oxygens (including phenoxy) is 1. The van der Waals surface area contributed by atoms with Crippen molar-refractivity contribution >= 4 is 17.5 Å². The van der Waals surface area contributed by atoms with Gasteiger partial charge in [-0.15, -0.1) is 0 Å². The first-order valence-electron chi connectivity index (χ1n) is 9.75. The largest absolute Gasteiger partial charge is 0.481 e. The molecule has 3 rings (SSSR count). The molecule has 7 heteroatoms. The van der Waals surface area contributed by atoms with Gasteiger partial charge in [0.1, 0.15) is 5.75 Å². The Kier molecular flexibility index (Phi) is 6.46. The second kappa shape index (κ2) is 8.88. The SMILES string of the molecule is CC(Oc1ccc(C(C)(C)C)cc1)C(=O)N(C)Cc1nc(-c2ccccc2Cl)no1. The van der Waals surface area contributed by atoms with Crippen LogP contribution in [0.25, 0.3) is 11.4 Å². The van der Waals surface area contributed by atoms with Crippen molar-refractivity contribution in [1.82, 2.24) is 15.0 Å². The summed E-state index contributed by atoms with van der Waals surface area (Å²) in [6.45, 7) is 8.35. The Balaban J connectivity index is 1.61. The fraction of sp³-hybridized carbons (Fsp3) is 0.348. The predicted molar refractivity (Wildman–Crippen MR) is 116 cm³/mol. The topological polar surface area (TPSA) is 68.5 Å². The highest BCUT2D eigenvalue weighted by molar-refractivity contribution is 6.33. The van der Waals surface area contributed by atoms with Gasteiger partial charge in [-0.2, -0.15) is 4.98 Å². The summed E-state index contributed by atoms with van der Waals surface area (Å²) in [4.78, 5) is 18.5. The summed E-state index contributed by atoms with van der Waals surface area (Å²) in [5.74, 6) is 1.17. The van der Waals surface area contributed by atoms with Crippen LogP contribution in [0.2, 0.25) is 5.02 Å². The second-order valence-corrected chi connectivity index (χ2v) is 8.63. The van der Waals surface area contributed by atoms with E-state index in [0.29, 0.717) is 28.1 Å². The normalized spacial score (nSPS) is 12.5. The summed E-state index contributed by atoms with van der Waals surface area (Å²) < 4.78 is 11.1. The quantitative estimate of drug-likeness (QED) is 0.546. The molecule has 0 bridgehead atoms. The van der Waals surface area contributed by atoms with Crippen LogP contribution in [0.15, 0.2) is 53.1 Å². The zero-order valence-electron chi connectivity index (χ0n) is 17.8. The number of benzene rings is 2. The monoisotopic (exact) mass is 427 g/mol. The van der Waals surface area contributed by atoms with E-state index in [0.717, 1.165) is 0 Å². The van der Waals surface area contributed by atoms with E-state index >= 15 is 0 Å². The number of nitrogens with zero attached hydrogens (tertiary/aromatic N) is 3. The molecule has 0 aliphatic rings. The minimum atomic E-state index is -0.651. The Hall–Kier alpha value is -2.86. The molecule has 2 aromatic carbocycles. The van der Waals surface area contributed by atoms with Gasteiger partial charge in [0, 0.05) is 12.6 Å². The Morgan fingerprint density at radius 3 is 2.47 bits per heavy atom. The molecule has 6 nitrogen and oxygen atoms in total. The van der Waals surface area contributed by atoms with E-state index in [4.69, 9.17) is 20.9 Å².